The molecule has 1 heterocycles. The number of nitrogens with zero attached hydrogens (tertiary/aromatic N) is 1. The van der Waals surface area contributed by atoms with Crippen molar-refractivity contribution >= 4 is 11.1 Å². The Morgan fingerprint density at radius 2 is 2.12 bits per heavy atom. The van der Waals surface area contributed by atoms with Crippen molar-refractivity contribution < 1.29 is 4.42 Å². The molecule has 0 aliphatic heterocycles. The summed E-state index contributed by atoms with van der Waals surface area (Å²) in [6.07, 6.45) is 0. The molecule has 0 saturated carbocycles. The molecule has 0 saturated heterocycles. The van der Waals surface area contributed by atoms with Crippen LogP contribution in [-0.2, 0) is 5.54 Å². The third-order valence-electron chi connectivity index (χ3n) is 2.77. The lowest BCUT2D eigenvalue weighted by Gasteiger charge is -2.21. The Hall–Kier alpha value is -1.35. The SMILES string of the molecule is CCNC(C)(C)c1nc2c(C)cccc2o1. The Labute approximate surface area is 95.9 Å². The lowest BCUT2D eigenvalue weighted by atomic mass is 10.1. The van der Waals surface area contributed by atoms with Crippen molar-refractivity contribution in [1.82, 2.24) is 10.3 Å². The topological polar surface area (TPSA) is 38.1 Å². The van der Waals surface area contributed by atoms with E-state index in [9.17, 15) is 0 Å². The average molecular weight is 218 g/mol. The van der Waals surface area contributed by atoms with Crippen molar-refractivity contribution in [3.05, 3.63) is 29.7 Å². The van der Waals surface area contributed by atoms with Gasteiger partial charge in [-0.15, -0.1) is 0 Å². The molecular formula is C13H18N2O. The first kappa shape index (κ1) is 11.1. The van der Waals surface area contributed by atoms with E-state index in [1.54, 1.807) is 0 Å². The average Bonchev–Trinajstić information content (AvgIpc) is 2.63. The summed E-state index contributed by atoms with van der Waals surface area (Å²) in [5.74, 6) is 0.749. The third-order valence-corrected chi connectivity index (χ3v) is 2.77. The summed E-state index contributed by atoms with van der Waals surface area (Å²) in [7, 11) is 0. The minimum atomic E-state index is -0.222. The second kappa shape index (κ2) is 3.91. The number of aryl methyl sites for hydroxylation is 1. The van der Waals surface area contributed by atoms with Gasteiger partial charge in [0.2, 0.25) is 5.89 Å². The summed E-state index contributed by atoms with van der Waals surface area (Å²) in [6, 6.07) is 6.00. The molecule has 0 fully saturated rings. The zero-order chi connectivity index (χ0) is 11.8. The van der Waals surface area contributed by atoms with Gasteiger partial charge < -0.3 is 9.73 Å². The Kier molecular flexibility index (Phi) is 2.72. The number of aromatic nitrogens is 1. The Morgan fingerprint density at radius 3 is 2.75 bits per heavy atom. The zero-order valence-corrected chi connectivity index (χ0v) is 10.3. The lowest BCUT2D eigenvalue weighted by Crippen LogP contribution is -2.36. The second-order valence-corrected chi connectivity index (χ2v) is 4.60. The minimum absolute atomic E-state index is 0.222. The molecule has 0 unspecified atom stereocenters. The molecule has 0 radical (unpaired) electrons. The first-order chi connectivity index (χ1) is 7.54. The van der Waals surface area contributed by atoms with Crippen LogP contribution < -0.4 is 5.32 Å². The minimum Gasteiger partial charge on any atom is -0.439 e. The molecule has 1 aromatic carbocycles. The normalized spacial score (nSPS) is 12.2. The quantitative estimate of drug-likeness (QED) is 0.860. The van der Waals surface area contributed by atoms with E-state index in [1.165, 1.54) is 0 Å². The maximum absolute atomic E-state index is 5.79. The van der Waals surface area contributed by atoms with Crippen molar-refractivity contribution in [3.63, 3.8) is 0 Å². The van der Waals surface area contributed by atoms with Crippen LogP contribution in [0.2, 0.25) is 0 Å². The Bertz CT molecular complexity index is 500. The van der Waals surface area contributed by atoms with E-state index in [0.29, 0.717) is 0 Å². The predicted molar refractivity (Wildman–Crippen MR) is 65.4 cm³/mol. The fraction of sp³-hybridized carbons (Fsp3) is 0.462. The molecule has 16 heavy (non-hydrogen) atoms. The molecule has 86 valence electrons. The molecule has 0 spiro atoms. The molecular weight excluding hydrogens is 200 g/mol. The van der Waals surface area contributed by atoms with Gasteiger partial charge in [0.05, 0.1) is 5.54 Å². The zero-order valence-electron chi connectivity index (χ0n) is 10.3. The smallest absolute Gasteiger partial charge is 0.215 e. The van der Waals surface area contributed by atoms with Crippen LogP contribution in [0.3, 0.4) is 0 Å². The van der Waals surface area contributed by atoms with Crippen molar-refractivity contribution in [2.24, 2.45) is 0 Å². The van der Waals surface area contributed by atoms with Crippen molar-refractivity contribution in [2.75, 3.05) is 6.54 Å². The van der Waals surface area contributed by atoms with E-state index in [1.807, 2.05) is 12.1 Å². The number of nitrogens with one attached hydrogen (secondary N) is 1. The Balaban J connectivity index is 2.51. The summed E-state index contributed by atoms with van der Waals surface area (Å²) in [5, 5.41) is 3.36. The molecule has 3 heteroatoms. The summed E-state index contributed by atoms with van der Waals surface area (Å²) in [4.78, 5) is 4.57. The van der Waals surface area contributed by atoms with Crippen LogP contribution in [0.1, 0.15) is 32.2 Å². The summed E-state index contributed by atoms with van der Waals surface area (Å²) >= 11 is 0. The van der Waals surface area contributed by atoms with Crippen LogP contribution >= 0.6 is 0 Å². The van der Waals surface area contributed by atoms with E-state index >= 15 is 0 Å². The van der Waals surface area contributed by atoms with E-state index in [-0.39, 0.29) is 5.54 Å². The van der Waals surface area contributed by atoms with E-state index in [4.69, 9.17) is 4.42 Å². The van der Waals surface area contributed by atoms with E-state index in [0.717, 1.165) is 29.1 Å². The first-order valence-electron chi connectivity index (χ1n) is 5.66. The highest BCUT2D eigenvalue weighted by molar-refractivity contribution is 5.76. The van der Waals surface area contributed by atoms with Gasteiger partial charge in [0.1, 0.15) is 5.52 Å². The van der Waals surface area contributed by atoms with Crippen LogP contribution in [0.15, 0.2) is 22.6 Å². The molecule has 1 aromatic heterocycles. The molecule has 2 rings (SSSR count). The number of para-hydroxylation sites is 1. The van der Waals surface area contributed by atoms with Gasteiger partial charge in [-0.05, 0) is 38.9 Å². The van der Waals surface area contributed by atoms with E-state index in [2.05, 4.69) is 44.1 Å². The molecule has 2 aromatic rings. The number of rotatable bonds is 3. The number of hydrogen-bond acceptors (Lipinski definition) is 3. The Morgan fingerprint density at radius 1 is 1.38 bits per heavy atom. The highest BCUT2D eigenvalue weighted by Gasteiger charge is 2.25. The highest BCUT2D eigenvalue weighted by atomic mass is 16.4. The fourth-order valence-corrected chi connectivity index (χ4v) is 1.87. The highest BCUT2D eigenvalue weighted by Crippen LogP contribution is 2.25. The van der Waals surface area contributed by atoms with Crippen LogP contribution in [0.25, 0.3) is 11.1 Å². The monoisotopic (exact) mass is 218 g/mol. The molecule has 0 bridgehead atoms. The molecule has 0 aliphatic carbocycles. The fourth-order valence-electron chi connectivity index (χ4n) is 1.87. The number of hydrogen-bond donors (Lipinski definition) is 1. The summed E-state index contributed by atoms with van der Waals surface area (Å²) < 4.78 is 5.79. The first-order valence-corrected chi connectivity index (χ1v) is 5.66. The lowest BCUT2D eigenvalue weighted by molar-refractivity contribution is 0.323. The van der Waals surface area contributed by atoms with Crippen LogP contribution in [0.5, 0.6) is 0 Å². The molecule has 1 N–H and O–H groups in total. The maximum Gasteiger partial charge on any atom is 0.215 e. The van der Waals surface area contributed by atoms with Gasteiger partial charge in [-0.3, -0.25) is 0 Å². The number of benzene rings is 1. The molecule has 0 aliphatic rings. The van der Waals surface area contributed by atoms with Gasteiger partial charge in [-0.1, -0.05) is 19.1 Å². The third kappa shape index (κ3) is 1.83. The van der Waals surface area contributed by atoms with Gasteiger partial charge in [0.15, 0.2) is 5.58 Å². The van der Waals surface area contributed by atoms with Gasteiger partial charge >= 0.3 is 0 Å². The van der Waals surface area contributed by atoms with Gasteiger partial charge in [-0.25, -0.2) is 4.98 Å². The largest absolute Gasteiger partial charge is 0.439 e. The molecule has 0 atom stereocenters. The summed E-state index contributed by atoms with van der Waals surface area (Å²) in [6.45, 7) is 9.18. The van der Waals surface area contributed by atoms with Gasteiger partial charge in [-0.2, -0.15) is 0 Å². The maximum atomic E-state index is 5.79. The second-order valence-electron chi connectivity index (χ2n) is 4.60. The van der Waals surface area contributed by atoms with E-state index < -0.39 is 0 Å². The summed E-state index contributed by atoms with van der Waals surface area (Å²) in [5.41, 5.74) is 2.75. The predicted octanol–water partition coefficient (Wildman–Crippen LogP) is 2.98. The number of fused-ring (bicyclic) bond motifs is 1. The van der Waals surface area contributed by atoms with Crippen LogP contribution in [0, 0.1) is 6.92 Å². The van der Waals surface area contributed by atoms with Crippen molar-refractivity contribution in [1.29, 1.82) is 0 Å². The van der Waals surface area contributed by atoms with Crippen LogP contribution in [-0.4, -0.2) is 11.5 Å². The van der Waals surface area contributed by atoms with Gasteiger partial charge in [0, 0.05) is 0 Å². The van der Waals surface area contributed by atoms with Crippen LogP contribution in [0.4, 0.5) is 0 Å². The standard InChI is InChI=1S/C13H18N2O/c1-5-14-13(3,4)12-15-11-9(2)7-6-8-10(11)16-12/h6-8,14H,5H2,1-4H3. The molecule has 3 nitrogen and oxygen atoms in total. The van der Waals surface area contributed by atoms with Gasteiger partial charge in [0.25, 0.3) is 0 Å². The molecule has 0 amide bonds. The van der Waals surface area contributed by atoms with Crippen molar-refractivity contribution in [2.45, 2.75) is 33.2 Å². The van der Waals surface area contributed by atoms with Crippen molar-refractivity contribution in [3.8, 4) is 0 Å². The number of oxazole rings is 1.